The number of rotatable bonds is 0. The van der Waals surface area contributed by atoms with Gasteiger partial charge in [-0.15, -0.1) is 0 Å². The van der Waals surface area contributed by atoms with Crippen molar-refractivity contribution in [3.05, 3.63) is 12.3 Å². The summed E-state index contributed by atoms with van der Waals surface area (Å²) in [5, 5.41) is 3.27. The molecule has 60 valence electrons. The number of hydrogen-bond acceptors (Lipinski definition) is 1. The van der Waals surface area contributed by atoms with Crippen LogP contribution in [-0.2, 0) is 0 Å². The van der Waals surface area contributed by atoms with Crippen LogP contribution in [0.1, 0.15) is 27.2 Å². The highest BCUT2D eigenvalue weighted by Gasteiger charge is 2.21. The van der Waals surface area contributed by atoms with Gasteiger partial charge in [-0.3, -0.25) is 0 Å². The zero-order valence-corrected chi connectivity index (χ0v) is 7.44. The van der Waals surface area contributed by atoms with Crippen LogP contribution in [0, 0.1) is 17.3 Å². The summed E-state index contributed by atoms with van der Waals surface area (Å²) in [7, 11) is 0. The average Bonchev–Trinajstić information content (AvgIpc) is 2.10. The van der Waals surface area contributed by atoms with E-state index in [0.29, 0.717) is 6.04 Å². The maximum absolute atomic E-state index is 3.27. The standard InChI is InChI=1S/C10H15N/c1-10(2,3)9-7-5-4-6-8-11-9/h6,8-9,11H,4H2,1-3H3. The highest BCUT2D eigenvalue weighted by molar-refractivity contribution is 5.17. The molecule has 0 aromatic carbocycles. The van der Waals surface area contributed by atoms with E-state index in [2.05, 4.69) is 44.0 Å². The van der Waals surface area contributed by atoms with E-state index in [1.54, 1.807) is 0 Å². The van der Waals surface area contributed by atoms with Crippen molar-refractivity contribution in [1.29, 1.82) is 0 Å². The molecule has 0 spiro atoms. The maximum atomic E-state index is 3.27. The van der Waals surface area contributed by atoms with Crippen molar-refractivity contribution in [2.75, 3.05) is 0 Å². The van der Waals surface area contributed by atoms with Crippen LogP contribution in [0.25, 0.3) is 0 Å². The monoisotopic (exact) mass is 149 g/mol. The van der Waals surface area contributed by atoms with Gasteiger partial charge in [-0.05, 0) is 11.6 Å². The van der Waals surface area contributed by atoms with E-state index in [1.165, 1.54) is 0 Å². The van der Waals surface area contributed by atoms with Gasteiger partial charge in [0.2, 0.25) is 0 Å². The molecule has 0 bridgehead atoms. The molecule has 1 atom stereocenters. The molecule has 0 amide bonds. The first-order valence-electron chi connectivity index (χ1n) is 4.00. The molecule has 1 nitrogen and oxygen atoms in total. The topological polar surface area (TPSA) is 12.0 Å². The van der Waals surface area contributed by atoms with E-state index in [9.17, 15) is 0 Å². The Morgan fingerprint density at radius 2 is 2.18 bits per heavy atom. The summed E-state index contributed by atoms with van der Waals surface area (Å²) < 4.78 is 0. The zero-order valence-electron chi connectivity index (χ0n) is 7.44. The molecule has 0 radical (unpaired) electrons. The Morgan fingerprint density at radius 1 is 1.45 bits per heavy atom. The summed E-state index contributed by atoms with van der Waals surface area (Å²) in [5.41, 5.74) is 0.224. The molecule has 1 unspecified atom stereocenters. The third-order valence-electron chi connectivity index (χ3n) is 1.71. The van der Waals surface area contributed by atoms with E-state index in [1.807, 2.05) is 6.20 Å². The predicted molar refractivity (Wildman–Crippen MR) is 47.9 cm³/mol. The third-order valence-corrected chi connectivity index (χ3v) is 1.71. The van der Waals surface area contributed by atoms with Crippen LogP contribution in [0.3, 0.4) is 0 Å². The molecule has 11 heavy (non-hydrogen) atoms. The summed E-state index contributed by atoms with van der Waals surface area (Å²) in [5.74, 6) is 6.30. The van der Waals surface area contributed by atoms with Crippen LogP contribution in [0.2, 0.25) is 0 Å². The highest BCUT2D eigenvalue weighted by Crippen LogP contribution is 2.19. The van der Waals surface area contributed by atoms with Gasteiger partial charge < -0.3 is 5.32 Å². The molecular formula is C10H15N. The van der Waals surface area contributed by atoms with Gasteiger partial charge in [-0.1, -0.05) is 38.7 Å². The Labute approximate surface area is 68.9 Å². The van der Waals surface area contributed by atoms with Crippen LogP contribution in [0.15, 0.2) is 12.3 Å². The predicted octanol–water partition coefficient (Wildman–Crippen LogP) is 1.91. The second-order valence-corrected chi connectivity index (χ2v) is 3.89. The fourth-order valence-electron chi connectivity index (χ4n) is 0.951. The van der Waals surface area contributed by atoms with Crippen molar-refractivity contribution in [1.82, 2.24) is 5.32 Å². The Bertz CT molecular complexity index is 209. The van der Waals surface area contributed by atoms with Gasteiger partial charge >= 0.3 is 0 Å². The van der Waals surface area contributed by atoms with E-state index < -0.39 is 0 Å². The molecule has 1 N–H and O–H groups in total. The van der Waals surface area contributed by atoms with Crippen molar-refractivity contribution in [2.24, 2.45) is 5.41 Å². The quantitative estimate of drug-likeness (QED) is 0.519. The largest absolute Gasteiger partial charge is 0.377 e. The van der Waals surface area contributed by atoms with Crippen molar-refractivity contribution < 1.29 is 0 Å². The van der Waals surface area contributed by atoms with Crippen LogP contribution in [-0.4, -0.2) is 6.04 Å². The van der Waals surface area contributed by atoms with Crippen molar-refractivity contribution in [3.63, 3.8) is 0 Å². The zero-order chi connectivity index (χ0) is 8.32. The third kappa shape index (κ3) is 2.31. The smallest absolute Gasteiger partial charge is 0.0921 e. The molecule has 0 fully saturated rings. The summed E-state index contributed by atoms with van der Waals surface area (Å²) >= 11 is 0. The normalized spacial score (nSPS) is 23.0. The first-order valence-corrected chi connectivity index (χ1v) is 4.00. The fraction of sp³-hybridized carbons (Fsp3) is 0.600. The van der Waals surface area contributed by atoms with Crippen LogP contribution >= 0.6 is 0 Å². The highest BCUT2D eigenvalue weighted by atomic mass is 14.9. The summed E-state index contributed by atoms with van der Waals surface area (Å²) in [6.07, 6.45) is 4.92. The molecule has 0 aromatic heterocycles. The first-order chi connectivity index (χ1) is 5.11. The van der Waals surface area contributed by atoms with Crippen molar-refractivity contribution in [3.8, 4) is 11.8 Å². The Balaban J connectivity index is 2.70. The lowest BCUT2D eigenvalue weighted by Crippen LogP contribution is -2.35. The lowest BCUT2D eigenvalue weighted by atomic mass is 9.87. The molecule has 0 aromatic rings. The van der Waals surface area contributed by atoms with Gasteiger partial charge in [0.05, 0.1) is 6.04 Å². The second kappa shape index (κ2) is 3.00. The van der Waals surface area contributed by atoms with Gasteiger partial charge in [-0.25, -0.2) is 0 Å². The molecule has 0 saturated heterocycles. The Hall–Kier alpha value is -0.900. The van der Waals surface area contributed by atoms with E-state index in [-0.39, 0.29) is 5.41 Å². The Morgan fingerprint density at radius 3 is 2.82 bits per heavy atom. The molecule has 1 rings (SSSR count). The molecule has 0 saturated carbocycles. The first kappa shape index (κ1) is 8.20. The average molecular weight is 149 g/mol. The van der Waals surface area contributed by atoms with Crippen molar-refractivity contribution >= 4 is 0 Å². The van der Waals surface area contributed by atoms with Gasteiger partial charge in [0.15, 0.2) is 0 Å². The number of nitrogens with one attached hydrogen (secondary N) is 1. The second-order valence-electron chi connectivity index (χ2n) is 3.89. The van der Waals surface area contributed by atoms with Gasteiger partial charge in [0.25, 0.3) is 0 Å². The minimum atomic E-state index is 0.224. The SMILES string of the molecule is CC(C)(C)C1C#CCC=CN1. The summed E-state index contributed by atoms with van der Waals surface area (Å²) in [6, 6.07) is 0.293. The lowest BCUT2D eigenvalue weighted by molar-refractivity contribution is 0.345. The molecule has 1 heteroatoms. The maximum Gasteiger partial charge on any atom is 0.0921 e. The summed E-state index contributed by atoms with van der Waals surface area (Å²) in [4.78, 5) is 0. The van der Waals surface area contributed by atoms with Crippen LogP contribution < -0.4 is 5.32 Å². The minimum Gasteiger partial charge on any atom is -0.377 e. The Kier molecular flexibility index (Phi) is 2.24. The molecule has 0 aliphatic carbocycles. The van der Waals surface area contributed by atoms with Crippen molar-refractivity contribution in [2.45, 2.75) is 33.2 Å². The number of hydrogen-bond donors (Lipinski definition) is 1. The number of allylic oxidation sites excluding steroid dienone is 1. The molecular weight excluding hydrogens is 134 g/mol. The van der Waals surface area contributed by atoms with Crippen LogP contribution in [0.4, 0.5) is 0 Å². The molecule has 1 aliphatic rings. The summed E-state index contributed by atoms with van der Waals surface area (Å²) in [6.45, 7) is 6.58. The van der Waals surface area contributed by atoms with Gasteiger partial charge in [-0.2, -0.15) is 0 Å². The molecule has 1 aliphatic heterocycles. The van der Waals surface area contributed by atoms with E-state index >= 15 is 0 Å². The van der Waals surface area contributed by atoms with Gasteiger partial charge in [0.1, 0.15) is 0 Å². The van der Waals surface area contributed by atoms with E-state index in [4.69, 9.17) is 0 Å². The minimum absolute atomic E-state index is 0.224. The van der Waals surface area contributed by atoms with Crippen LogP contribution in [0.5, 0.6) is 0 Å². The van der Waals surface area contributed by atoms with Gasteiger partial charge in [0, 0.05) is 6.42 Å². The van der Waals surface area contributed by atoms with E-state index in [0.717, 1.165) is 6.42 Å². The lowest BCUT2D eigenvalue weighted by Gasteiger charge is -2.25. The molecule has 1 heterocycles. The fourth-order valence-corrected chi connectivity index (χ4v) is 0.951.